The lowest BCUT2D eigenvalue weighted by Crippen LogP contribution is -2.35. The molecule has 1 aliphatic carbocycles. The molecule has 0 aliphatic heterocycles. The van der Waals surface area contributed by atoms with E-state index in [0.29, 0.717) is 52.7 Å². The van der Waals surface area contributed by atoms with Gasteiger partial charge in [0.1, 0.15) is 22.7 Å². The molecule has 2 amide bonds. The van der Waals surface area contributed by atoms with Gasteiger partial charge < -0.3 is 35.1 Å². The van der Waals surface area contributed by atoms with Gasteiger partial charge in [-0.2, -0.15) is 0 Å². The number of fused-ring (bicyclic) bond motifs is 1. The highest BCUT2D eigenvalue weighted by atomic mass is 19.1. The van der Waals surface area contributed by atoms with E-state index in [1.807, 2.05) is 0 Å². The van der Waals surface area contributed by atoms with Crippen LogP contribution in [0, 0.1) is 11.2 Å². The van der Waals surface area contributed by atoms with Crippen molar-refractivity contribution in [2.24, 2.45) is 5.41 Å². The second kappa shape index (κ2) is 14.2. The summed E-state index contributed by atoms with van der Waals surface area (Å²) in [6.07, 6.45) is 1.93. The number of hydrogen-bond donors (Lipinski definition) is 4. The number of ether oxygens (including phenoxy) is 3. The first kappa shape index (κ1) is 32.2. The van der Waals surface area contributed by atoms with Crippen LogP contribution >= 0.6 is 0 Å². The van der Waals surface area contributed by atoms with Crippen LogP contribution in [0.25, 0.3) is 10.9 Å². The zero-order chi connectivity index (χ0) is 32.6. The number of hydrogen-bond acceptors (Lipinski definition) is 8. The molecule has 0 unspecified atom stereocenters. The van der Waals surface area contributed by atoms with Crippen molar-refractivity contribution in [3.8, 4) is 23.0 Å². The molecule has 1 aromatic heterocycles. The lowest BCUT2D eigenvalue weighted by molar-refractivity contribution is -0.143. The Kier molecular flexibility index (Phi) is 10.1. The van der Waals surface area contributed by atoms with Crippen molar-refractivity contribution in [3.05, 3.63) is 78.7 Å². The number of nitrogens with one attached hydrogen (secondary N) is 2. The number of amides is 2. The Labute approximate surface area is 256 Å². The number of benzene rings is 3. The Hall–Kier alpha value is -5.72. The summed E-state index contributed by atoms with van der Waals surface area (Å²) < 4.78 is 29.9. The number of halogens is 1. The maximum absolute atomic E-state index is 13.1. The van der Waals surface area contributed by atoms with Crippen LogP contribution < -0.4 is 24.8 Å². The third kappa shape index (κ3) is 8.22. The molecule has 5 rings (SSSR count). The van der Waals surface area contributed by atoms with Crippen molar-refractivity contribution < 1.29 is 48.0 Å². The molecule has 0 saturated heterocycles. The molecule has 4 aromatic rings. The molecule has 1 aliphatic rings. The number of anilines is 2. The van der Waals surface area contributed by atoms with E-state index in [2.05, 4.69) is 15.6 Å². The largest absolute Gasteiger partial charge is 0.493 e. The molecule has 12 nitrogen and oxygen atoms in total. The molecular weight excluding hydrogens is 589 g/mol. The van der Waals surface area contributed by atoms with Gasteiger partial charge in [0.15, 0.2) is 11.5 Å². The second-order valence-corrected chi connectivity index (χ2v) is 9.94. The SMILES string of the molecule is COc1cc2nccc(Oc3ccc(NC(=O)C4(C(=O)Nc5ccc(F)cc5)CC4)cc3)c2cc1OC.O=C(O)CCC(=O)O. The molecule has 13 heteroatoms. The Balaban J connectivity index is 0.000000510. The predicted molar refractivity (Wildman–Crippen MR) is 161 cm³/mol. The summed E-state index contributed by atoms with van der Waals surface area (Å²) in [4.78, 5) is 49.3. The maximum Gasteiger partial charge on any atom is 0.303 e. The van der Waals surface area contributed by atoms with Gasteiger partial charge in [-0.25, -0.2) is 4.39 Å². The van der Waals surface area contributed by atoms with E-state index < -0.39 is 29.1 Å². The zero-order valence-corrected chi connectivity index (χ0v) is 24.3. The molecule has 1 saturated carbocycles. The normalized spacial score (nSPS) is 12.6. The Bertz CT molecular complexity index is 1690. The Morgan fingerprint density at radius 1 is 0.778 bits per heavy atom. The van der Waals surface area contributed by atoms with Crippen molar-refractivity contribution >= 4 is 46.0 Å². The minimum Gasteiger partial charge on any atom is -0.493 e. The third-order valence-electron chi connectivity index (χ3n) is 6.82. The van der Waals surface area contributed by atoms with Gasteiger partial charge in [0, 0.05) is 29.0 Å². The van der Waals surface area contributed by atoms with Crippen LogP contribution in [-0.4, -0.2) is 53.2 Å². The summed E-state index contributed by atoms with van der Waals surface area (Å²) in [6.45, 7) is 0. The number of rotatable bonds is 11. The smallest absolute Gasteiger partial charge is 0.303 e. The highest BCUT2D eigenvalue weighted by molar-refractivity contribution is 6.16. The molecule has 1 fully saturated rings. The Morgan fingerprint density at radius 2 is 1.29 bits per heavy atom. The van der Waals surface area contributed by atoms with Gasteiger partial charge in [0.05, 0.1) is 32.6 Å². The van der Waals surface area contributed by atoms with Gasteiger partial charge in [0.25, 0.3) is 0 Å². The predicted octanol–water partition coefficient (Wildman–Crippen LogP) is 5.48. The highest BCUT2D eigenvalue weighted by Crippen LogP contribution is 2.47. The topological polar surface area (TPSA) is 173 Å². The van der Waals surface area contributed by atoms with Gasteiger partial charge in [0.2, 0.25) is 11.8 Å². The van der Waals surface area contributed by atoms with Gasteiger partial charge in [-0.05, 0) is 73.5 Å². The van der Waals surface area contributed by atoms with Gasteiger partial charge in [-0.15, -0.1) is 0 Å². The molecule has 1 heterocycles. The summed E-state index contributed by atoms with van der Waals surface area (Å²) in [5.41, 5.74) is 0.517. The maximum atomic E-state index is 13.1. The number of carboxylic acid groups (broad SMARTS) is 2. The second-order valence-electron chi connectivity index (χ2n) is 9.94. The monoisotopic (exact) mass is 619 g/mol. The first-order valence-corrected chi connectivity index (χ1v) is 13.7. The van der Waals surface area contributed by atoms with E-state index in [4.69, 9.17) is 24.4 Å². The number of nitrogens with zero attached hydrogens (tertiary/aromatic N) is 1. The average molecular weight is 620 g/mol. The number of aliphatic carboxylic acids is 2. The fourth-order valence-corrected chi connectivity index (χ4v) is 4.20. The van der Waals surface area contributed by atoms with Gasteiger partial charge in [-0.1, -0.05) is 0 Å². The summed E-state index contributed by atoms with van der Waals surface area (Å²) in [6, 6.07) is 17.6. The number of carboxylic acids is 2. The molecule has 0 atom stereocenters. The third-order valence-corrected chi connectivity index (χ3v) is 6.82. The molecular formula is C32H30FN3O9. The van der Waals surface area contributed by atoms with Crippen LogP contribution in [0.3, 0.4) is 0 Å². The van der Waals surface area contributed by atoms with Crippen LogP contribution in [0.1, 0.15) is 25.7 Å². The van der Waals surface area contributed by atoms with E-state index in [1.54, 1.807) is 62.9 Å². The van der Waals surface area contributed by atoms with Crippen LogP contribution in [-0.2, 0) is 19.2 Å². The Morgan fingerprint density at radius 3 is 1.78 bits per heavy atom. The number of pyridine rings is 1. The van der Waals surface area contributed by atoms with Crippen molar-refractivity contribution in [2.75, 3.05) is 24.9 Å². The lowest BCUT2D eigenvalue weighted by Gasteiger charge is -2.16. The minimum absolute atomic E-state index is 0.296. The first-order chi connectivity index (χ1) is 21.5. The van der Waals surface area contributed by atoms with Crippen molar-refractivity contribution in [2.45, 2.75) is 25.7 Å². The van der Waals surface area contributed by atoms with Crippen molar-refractivity contribution in [1.29, 1.82) is 0 Å². The summed E-state index contributed by atoms with van der Waals surface area (Å²) in [5, 5.41) is 22.1. The fourth-order valence-electron chi connectivity index (χ4n) is 4.20. The van der Waals surface area contributed by atoms with Crippen LogP contribution in [0.5, 0.6) is 23.0 Å². The molecule has 0 spiro atoms. The van der Waals surface area contributed by atoms with E-state index in [-0.39, 0.29) is 18.7 Å². The molecule has 45 heavy (non-hydrogen) atoms. The molecule has 3 aromatic carbocycles. The quantitative estimate of drug-likeness (QED) is 0.158. The molecule has 0 bridgehead atoms. The zero-order valence-electron chi connectivity index (χ0n) is 24.3. The first-order valence-electron chi connectivity index (χ1n) is 13.7. The number of carbonyl (C=O) groups is 4. The van der Waals surface area contributed by atoms with E-state index in [9.17, 15) is 23.6 Å². The number of aromatic nitrogens is 1. The van der Waals surface area contributed by atoms with Crippen molar-refractivity contribution in [1.82, 2.24) is 4.98 Å². The summed E-state index contributed by atoms with van der Waals surface area (Å²) >= 11 is 0. The highest BCUT2D eigenvalue weighted by Gasteiger charge is 2.56. The van der Waals surface area contributed by atoms with Gasteiger partial charge >= 0.3 is 11.9 Å². The molecule has 0 radical (unpaired) electrons. The van der Waals surface area contributed by atoms with E-state index >= 15 is 0 Å². The average Bonchev–Trinajstić information content (AvgIpc) is 3.84. The fraction of sp³-hybridized carbons (Fsp3) is 0.219. The minimum atomic E-state index is -1.14. The van der Waals surface area contributed by atoms with E-state index in [1.165, 1.54) is 24.3 Å². The summed E-state index contributed by atoms with van der Waals surface area (Å²) in [7, 11) is 3.12. The van der Waals surface area contributed by atoms with Crippen LogP contribution in [0.15, 0.2) is 72.9 Å². The van der Waals surface area contributed by atoms with Gasteiger partial charge in [-0.3, -0.25) is 24.2 Å². The molecule has 4 N–H and O–H groups in total. The van der Waals surface area contributed by atoms with E-state index in [0.717, 1.165) is 5.39 Å². The molecule has 234 valence electrons. The van der Waals surface area contributed by atoms with Crippen LogP contribution in [0.4, 0.5) is 15.8 Å². The summed E-state index contributed by atoms with van der Waals surface area (Å²) in [5.74, 6) is -1.09. The number of methoxy groups -OCH3 is 2. The number of carbonyl (C=O) groups excluding carboxylic acids is 2. The van der Waals surface area contributed by atoms with Crippen molar-refractivity contribution in [3.63, 3.8) is 0 Å². The lowest BCUT2D eigenvalue weighted by atomic mass is 10.0. The standard InChI is InChI=1S/C28H24FN3O5.C4H6O4/c1-35-24-15-21-22(16-25(24)36-2)30-14-11-23(21)37-20-9-7-19(8-10-20)32-27(34)28(12-13-28)26(33)31-18-5-3-17(29)4-6-18;5-3(6)1-2-4(7)8/h3-11,14-16H,12-13H2,1-2H3,(H,31,33)(H,32,34);1-2H2,(H,5,6)(H,7,8). The van der Waals surface area contributed by atoms with Crippen LogP contribution in [0.2, 0.25) is 0 Å².